The summed E-state index contributed by atoms with van der Waals surface area (Å²) in [6, 6.07) is 57.5. The standard InChI is InChI=1S/C48H29N3/c1-2-13-30-28(11-1)12-9-20-37(30)46-39-17-5-7-21-42(39)49-48(50-46)51-43-22-8-6-16-35(43)38-26-24-29-23-25-36-34-19-10-18-32-31-14-3-4-15-33(31)41(27-40(32)34)45(36)44(29)47(38)51/h1-26,41H,27H2. The third kappa shape index (κ3) is 3.62. The minimum Gasteiger partial charge on any atom is -0.277 e. The largest absolute Gasteiger partial charge is 0.277 e. The molecule has 0 radical (unpaired) electrons. The summed E-state index contributed by atoms with van der Waals surface area (Å²) in [7, 11) is 0. The molecular weight excluding hydrogens is 619 g/mol. The molecule has 0 fully saturated rings. The number of aromatic nitrogens is 3. The molecule has 10 aromatic rings. The van der Waals surface area contributed by atoms with Crippen molar-refractivity contribution in [1.82, 2.24) is 14.5 Å². The van der Waals surface area contributed by atoms with E-state index in [1.54, 1.807) is 0 Å². The first-order valence-electron chi connectivity index (χ1n) is 17.8. The Morgan fingerprint density at radius 3 is 2.10 bits per heavy atom. The summed E-state index contributed by atoms with van der Waals surface area (Å²) in [6.07, 6.45) is 1.00. The Hall–Kier alpha value is -6.58. The summed E-state index contributed by atoms with van der Waals surface area (Å²) < 4.78 is 2.36. The van der Waals surface area contributed by atoms with Gasteiger partial charge in [-0.1, -0.05) is 146 Å². The fourth-order valence-electron chi connectivity index (χ4n) is 9.43. The molecule has 8 aromatic carbocycles. The zero-order chi connectivity index (χ0) is 33.2. The lowest BCUT2D eigenvalue weighted by Gasteiger charge is -2.36. The van der Waals surface area contributed by atoms with E-state index in [-0.39, 0.29) is 5.92 Å². The van der Waals surface area contributed by atoms with Crippen molar-refractivity contribution < 1.29 is 0 Å². The van der Waals surface area contributed by atoms with Crippen LogP contribution in [0.25, 0.3) is 93.7 Å². The van der Waals surface area contributed by atoms with Crippen molar-refractivity contribution in [2.24, 2.45) is 0 Å². The highest BCUT2D eigenvalue weighted by Crippen LogP contribution is 2.54. The summed E-state index contributed by atoms with van der Waals surface area (Å²) in [4.78, 5) is 10.9. The van der Waals surface area contributed by atoms with E-state index in [4.69, 9.17) is 9.97 Å². The van der Waals surface area contributed by atoms with Gasteiger partial charge in [-0.2, -0.15) is 0 Å². The lowest BCUT2D eigenvalue weighted by atomic mass is 9.67. The number of hydrogen-bond acceptors (Lipinski definition) is 2. The normalized spacial score (nSPS) is 14.4. The first kappa shape index (κ1) is 27.3. The van der Waals surface area contributed by atoms with Crippen molar-refractivity contribution >= 4 is 54.3 Å². The van der Waals surface area contributed by atoms with Gasteiger partial charge in [0, 0.05) is 33.0 Å². The van der Waals surface area contributed by atoms with Crippen molar-refractivity contribution in [2.45, 2.75) is 12.3 Å². The van der Waals surface area contributed by atoms with Gasteiger partial charge in [-0.3, -0.25) is 4.57 Å². The van der Waals surface area contributed by atoms with Crippen LogP contribution in [0, 0.1) is 0 Å². The second-order valence-corrected chi connectivity index (χ2v) is 14.0. The Kier molecular flexibility index (Phi) is 5.34. The van der Waals surface area contributed by atoms with Crippen molar-refractivity contribution in [1.29, 1.82) is 0 Å². The molecular formula is C48H29N3. The molecule has 1 atom stereocenters. The first-order valence-corrected chi connectivity index (χ1v) is 17.8. The molecule has 2 aliphatic rings. The molecule has 2 aromatic heterocycles. The van der Waals surface area contributed by atoms with Gasteiger partial charge < -0.3 is 0 Å². The van der Waals surface area contributed by atoms with Crippen molar-refractivity contribution in [3.05, 3.63) is 174 Å². The third-order valence-corrected chi connectivity index (χ3v) is 11.5. The van der Waals surface area contributed by atoms with Gasteiger partial charge >= 0.3 is 0 Å². The van der Waals surface area contributed by atoms with Crippen molar-refractivity contribution in [2.75, 3.05) is 0 Å². The molecule has 0 saturated carbocycles. The fraction of sp³-hybridized carbons (Fsp3) is 0.0417. The smallest absolute Gasteiger partial charge is 0.235 e. The van der Waals surface area contributed by atoms with E-state index in [1.807, 2.05) is 0 Å². The topological polar surface area (TPSA) is 30.7 Å². The molecule has 12 rings (SSSR count). The van der Waals surface area contributed by atoms with E-state index in [1.165, 1.54) is 76.8 Å². The van der Waals surface area contributed by atoms with Gasteiger partial charge in [-0.25, -0.2) is 9.97 Å². The highest BCUT2D eigenvalue weighted by molar-refractivity contribution is 6.21. The van der Waals surface area contributed by atoms with Gasteiger partial charge in [-0.15, -0.1) is 0 Å². The molecule has 0 N–H and O–H groups in total. The van der Waals surface area contributed by atoms with Crippen LogP contribution < -0.4 is 0 Å². The summed E-state index contributed by atoms with van der Waals surface area (Å²) in [5, 5.41) is 8.39. The fourth-order valence-corrected chi connectivity index (χ4v) is 9.43. The van der Waals surface area contributed by atoms with E-state index in [0.717, 1.165) is 34.1 Å². The van der Waals surface area contributed by atoms with Gasteiger partial charge in [0.1, 0.15) is 0 Å². The highest BCUT2D eigenvalue weighted by atomic mass is 15.2. The highest BCUT2D eigenvalue weighted by Gasteiger charge is 2.35. The van der Waals surface area contributed by atoms with Crippen molar-refractivity contribution in [3.63, 3.8) is 0 Å². The van der Waals surface area contributed by atoms with Gasteiger partial charge in [0.15, 0.2) is 0 Å². The van der Waals surface area contributed by atoms with Crippen LogP contribution in [0.2, 0.25) is 0 Å². The zero-order valence-electron chi connectivity index (χ0n) is 27.6. The predicted octanol–water partition coefficient (Wildman–Crippen LogP) is 12.0. The second kappa shape index (κ2) is 9.99. The maximum atomic E-state index is 5.56. The van der Waals surface area contributed by atoms with E-state index in [9.17, 15) is 0 Å². The number of hydrogen-bond donors (Lipinski definition) is 0. The molecule has 3 nitrogen and oxygen atoms in total. The molecule has 3 heteroatoms. The lowest BCUT2D eigenvalue weighted by Crippen LogP contribution is -2.19. The first-order chi connectivity index (χ1) is 25.3. The van der Waals surface area contributed by atoms with Crippen LogP contribution in [0.3, 0.4) is 0 Å². The second-order valence-electron chi connectivity index (χ2n) is 14.0. The Labute approximate surface area is 294 Å². The van der Waals surface area contributed by atoms with Crippen LogP contribution in [0.4, 0.5) is 0 Å². The number of fused-ring (bicyclic) bond motifs is 15. The van der Waals surface area contributed by atoms with E-state index < -0.39 is 0 Å². The number of rotatable bonds is 2. The molecule has 2 aliphatic carbocycles. The maximum Gasteiger partial charge on any atom is 0.235 e. The lowest BCUT2D eigenvalue weighted by molar-refractivity contribution is 0.789. The minimum atomic E-state index is 0.253. The van der Waals surface area contributed by atoms with Gasteiger partial charge in [0.25, 0.3) is 0 Å². The van der Waals surface area contributed by atoms with Crippen LogP contribution in [0.15, 0.2) is 158 Å². The third-order valence-electron chi connectivity index (χ3n) is 11.5. The van der Waals surface area contributed by atoms with E-state index >= 15 is 0 Å². The molecule has 0 spiro atoms. The van der Waals surface area contributed by atoms with Gasteiger partial charge in [-0.05, 0) is 73.7 Å². The minimum absolute atomic E-state index is 0.253. The Bertz CT molecular complexity index is 3120. The molecule has 51 heavy (non-hydrogen) atoms. The van der Waals surface area contributed by atoms with E-state index in [0.29, 0.717) is 5.95 Å². The summed E-state index contributed by atoms with van der Waals surface area (Å²) in [5.41, 5.74) is 15.0. The van der Waals surface area contributed by atoms with Crippen molar-refractivity contribution in [3.8, 4) is 39.5 Å². The van der Waals surface area contributed by atoms with Crippen LogP contribution in [0.5, 0.6) is 0 Å². The van der Waals surface area contributed by atoms with Crippen LogP contribution in [-0.4, -0.2) is 14.5 Å². The van der Waals surface area contributed by atoms with Crippen LogP contribution in [-0.2, 0) is 6.42 Å². The molecule has 236 valence electrons. The summed E-state index contributed by atoms with van der Waals surface area (Å²) >= 11 is 0. The SMILES string of the molecule is c1ccc2c(c1)-c1cccc3c1CC2c1c-3ccc2ccc3c4ccccc4n(-c4nc(-c5cccc6ccccc56)c5ccccc5n4)c3c12. The maximum absolute atomic E-state index is 5.56. The number of benzene rings is 8. The zero-order valence-corrected chi connectivity index (χ0v) is 27.6. The van der Waals surface area contributed by atoms with Crippen LogP contribution >= 0.6 is 0 Å². The Morgan fingerprint density at radius 2 is 1.16 bits per heavy atom. The van der Waals surface area contributed by atoms with E-state index in [2.05, 4.69) is 162 Å². The molecule has 1 unspecified atom stereocenters. The average molecular weight is 648 g/mol. The van der Waals surface area contributed by atoms with Gasteiger partial charge in [0.2, 0.25) is 5.95 Å². The molecule has 2 bridgehead atoms. The monoisotopic (exact) mass is 647 g/mol. The summed E-state index contributed by atoms with van der Waals surface area (Å²) in [6.45, 7) is 0. The molecule has 0 amide bonds. The van der Waals surface area contributed by atoms with Crippen LogP contribution in [0.1, 0.15) is 22.6 Å². The molecule has 0 saturated heterocycles. The van der Waals surface area contributed by atoms with Gasteiger partial charge in [0.05, 0.1) is 22.2 Å². The predicted molar refractivity (Wildman–Crippen MR) is 211 cm³/mol. The molecule has 2 heterocycles. The Balaban J connectivity index is 1.25. The molecule has 0 aliphatic heterocycles. The quantitative estimate of drug-likeness (QED) is 0.187. The summed E-state index contributed by atoms with van der Waals surface area (Å²) in [5.74, 6) is 0.943. The number of para-hydroxylation sites is 2. The average Bonchev–Trinajstić information content (AvgIpc) is 3.54. The number of nitrogens with zero attached hydrogens (tertiary/aromatic N) is 3. The Morgan fingerprint density at radius 1 is 0.471 bits per heavy atom.